The first-order chi connectivity index (χ1) is 12.2. The average molecular weight is 413 g/mol. The molecular weight excluding hydrogens is 395 g/mol. The van der Waals surface area contributed by atoms with Crippen LogP contribution in [0.4, 0.5) is 4.79 Å². The molecule has 0 bridgehead atoms. The lowest BCUT2D eigenvalue weighted by Crippen LogP contribution is -2.34. The third kappa shape index (κ3) is 4.61. The van der Waals surface area contributed by atoms with Crippen LogP contribution in [0.3, 0.4) is 0 Å². The fourth-order valence-corrected chi connectivity index (χ4v) is 3.29. The van der Waals surface area contributed by atoms with Crippen LogP contribution in [0.1, 0.15) is 18.2 Å². The van der Waals surface area contributed by atoms with E-state index in [1.807, 2.05) is 0 Å². The Morgan fingerprint density at radius 1 is 1.54 bits per heavy atom. The van der Waals surface area contributed by atoms with E-state index in [9.17, 15) is 28.9 Å². The van der Waals surface area contributed by atoms with Crippen molar-refractivity contribution in [1.82, 2.24) is 9.55 Å². The molecule has 26 heavy (non-hydrogen) atoms. The van der Waals surface area contributed by atoms with E-state index in [1.165, 1.54) is 6.20 Å². The molecule has 13 heteroatoms. The molecule has 146 valence electrons. The molecule has 1 aromatic heterocycles. The van der Waals surface area contributed by atoms with Crippen molar-refractivity contribution in [2.45, 2.75) is 31.3 Å². The van der Waals surface area contributed by atoms with Gasteiger partial charge in [0.2, 0.25) is 0 Å². The number of aliphatic hydroxyl groups excluding tert-OH is 1. The van der Waals surface area contributed by atoms with Crippen molar-refractivity contribution < 1.29 is 33.4 Å². The number of carbonyl (C=O) groups is 1. The van der Waals surface area contributed by atoms with Gasteiger partial charge >= 0.3 is 19.0 Å². The van der Waals surface area contributed by atoms with E-state index in [4.69, 9.17) is 16.3 Å². The van der Waals surface area contributed by atoms with Gasteiger partial charge < -0.3 is 19.5 Å². The minimum absolute atomic E-state index is 0.0335. The standard InChI is InChI=1S/C13H18ClN2O9P/c1-23-13(20)26(21,22)24-6-9-8(17)4-10(25-9)16-5-7(2-3-14)11(18)15-12(16)19/h5,8-10,17H,2-4,6H2,1H3,(H,21,22)(H,15,18,19)/t8-,9+,10+/m0/s1. The highest BCUT2D eigenvalue weighted by molar-refractivity contribution is 7.70. The molecule has 0 spiro atoms. The zero-order valence-corrected chi connectivity index (χ0v) is 15.3. The number of rotatable bonds is 7. The number of hydrogen-bond acceptors (Lipinski definition) is 8. The highest BCUT2D eigenvalue weighted by Crippen LogP contribution is 2.44. The summed E-state index contributed by atoms with van der Waals surface area (Å²) in [6.45, 7) is -0.576. The molecule has 3 N–H and O–H groups in total. The maximum atomic E-state index is 12.0. The maximum absolute atomic E-state index is 12.0. The first-order valence-corrected chi connectivity index (χ1v) is 9.60. The van der Waals surface area contributed by atoms with E-state index < -0.39 is 49.6 Å². The number of aromatic nitrogens is 2. The minimum atomic E-state index is -4.67. The first kappa shape index (κ1) is 20.8. The van der Waals surface area contributed by atoms with Crippen molar-refractivity contribution in [3.05, 3.63) is 32.6 Å². The average Bonchev–Trinajstić information content (AvgIpc) is 2.95. The van der Waals surface area contributed by atoms with E-state index in [1.54, 1.807) is 0 Å². The molecule has 2 rings (SSSR count). The molecule has 0 aromatic carbocycles. The summed E-state index contributed by atoms with van der Waals surface area (Å²) in [6.07, 6.45) is -1.66. The van der Waals surface area contributed by atoms with Gasteiger partial charge in [-0.2, -0.15) is 0 Å². The summed E-state index contributed by atoms with van der Waals surface area (Å²) in [5, 5.41) is 10.0. The molecule has 4 atom stereocenters. The molecule has 1 fully saturated rings. The lowest BCUT2D eigenvalue weighted by Gasteiger charge is -2.17. The Morgan fingerprint density at radius 3 is 2.85 bits per heavy atom. The number of ether oxygens (including phenoxy) is 2. The van der Waals surface area contributed by atoms with Crippen molar-refractivity contribution in [2.75, 3.05) is 19.6 Å². The van der Waals surface area contributed by atoms with Crippen LogP contribution in [0, 0.1) is 0 Å². The van der Waals surface area contributed by atoms with Crippen molar-refractivity contribution in [2.24, 2.45) is 0 Å². The van der Waals surface area contributed by atoms with Crippen LogP contribution < -0.4 is 11.2 Å². The summed E-state index contributed by atoms with van der Waals surface area (Å²) >= 11 is 5.61. The van der Waals surface area contributed by atoms with Gasteiger partial charge in [0, 0.05) is 24.1 Å². The van der Waals surface area contributed by atoms with Crippen LogP contribution in [0.2, 0.25) is 0 Å². The molecule has 11 nitrogen and oxygen atoms in total. The van der Waals surface area contributed by atoms with Crippen LogP contribution >= 0.6 is 19.2 Å². The summed E-state index contributed by atoms with van der Waals surface area (Å²) in [5.41, 5.74) is -2.48. The Hall–Kier alpha value is -1.49. The van der Waals surface area contributed by atoms with Gasteiger partial charge in [-0.05, 0) is 6.42 Å². The Labute approximate surface area is 152 Å². The Bertz CT molecular complexity index is 823. The van der Waals surface area contributed by atoms with Crippen LogP contribution in [0.15, 0.2) is 15.8 Å². The number of halogens is 1. The van der Waals surface area contributed by atoms with E-state index in [2.05, 4.69) is 14.2 Å². The van der Waals surface area contributed by atoms with E-state index in [-0.39, 0.29) is 24.3 Å². The number of H-pyrrole nitrogens is 1. The van der Waals surface area contributed by atoms with E-state index >= 15 is 0 Å². The second-order valence-electron chi connectivity index (χ2n) is 5.48. The second kappa shape index (κ2) is 8.47. The van der Waals surface area contributed by atoms with E-state index in [0.29, 0.717) is 0 Å². The third-order valence-electron chi connectivity index (χ3n) is 3.74. The quantitative estimate of drug-likeness (QED) is 0.412. The minimum Gasteiger partial charge on any atom is -0.460 e. The van der Waals surface area contributed by atoms with Gasteiger partial charge in [0.05, 0.1) is 19.8 Å². The number of methoxy groups -OCH3 is 1. The molecule has 1 saturated heterocycles. The molecule has 0 aliphatic carbocycles. The summed E-state index contributed by atoms with van der Waals surface area (Å²) < 4.78 is 26.9. The maximum Gasteiger partial charge on any atom is 0.435 e. The monoisotopic (exact) mass is 412 g/mol. The fourth-order valence-electron chi connectivity index (χ4n) is 2.40. The number of nitrogens with zero attached hydrogens (tertiary/aromatic N) is 1. The summed E-state index contributed by atoms with van der Waals surface area (Å²) in [5.74, 6) is 0.172. The zero-order chi connectivity index (χ0) is 19.5. The highest BCUT2D eigenvalue weighted by Gasteiger charge is 2.39. The van der Waals surface area contributed by atoms with Gasteiger partial charge in [-0.3, -0.25) is 18.9 Å². The lowest BCUT2D eigenvalue weighted by atomic mass is 10.2. The highest BCUT2D eigenvalue weighted by atomic mass is 35.5. The predicted octanol–water partition coefficient (Wildman–Crippen LogP) is -0.0653. The van der Waals surface area contributed by atoms with Gasteiger partial charge in [0.1, 0.15) is 12.3 Å². The molecule has 1 aromatic rings. The third-order valence-corrected chi connectivity index (χ3v) is 5.07. The van der Waals surface area contributed by atoms with E-state index in [0.717, 1.165) is 11.7 Å². The summed E-state index contributed by atoms with van der Waals surface area (Å²) in [7, 11) is -3.75. The van der Waals surface area contributed by atoms with Crippen LogP contribution in [-0.4, -0.2) is 57.1 Å². The molecule has 0 saturated carbocycles. The smallest absolute Gasteiger partial charge is 0.435 e. The molecule has 2 heterocycles. The van der Waals surface area contributed by atoms with Crippen LogP contribution in [0.25, 0.3) is 0 Å². The normalized spacial score (nSPS) is 25.0. The Kier molecular flexibility index (Phi) is 6.78. The largest absolute Gasteiger partial charge is 0.460 e. The van der Waals surface area contributed by atoms with Crippen LogP contribution in [0.5, 0.6) is 0 Å². The van der Waals surface area contributed by atoms with Crippen molar-refractivity contribution >= 4 is 24.9 Å². The summed E-state index contributed by atoms with van der Waals surface area (Å²) in [6, 6.07) is 0. The number of aromatic amines is 1. The molecule has 0 radical (unpaired) electrons. The number of hydrogen-bond donors (Lipinski definition) is 3. The number of carbonyl (C=O) groups excluding carboxylic acids is 1. The fraction of sp³-hybridized carbons (Fsp3) is 0.615. The van der Waals surface area contributed by atoms with Crippen molar-refractivity contribution in [3.63, 3.8) is 0 Å². The summed E-state index contributed by atoms with van der Waals surface area (Å²) in [4.78, 5) is 46.3. The topological polar surface area (TPSA) is 157 Å². The SMILES string of the molecule is COC(=O)P(=O)(O)OC[C@H]1O[C@@H](n2cc(CCCl)c(=O)[nH]c2=O)C[C@@H]1O. The number of alkyl halides is 1. The van der Waals surface area contributed by atoms with Crippen LogP contribution in [-0.2, 0) is 25.0 Å². The molecular formula is C13H18ClN2O9P. The first-order valence-electron chi connectivity index (χ1n) is 7.49. The number of aryl methyl sites for hydroxylation is 1. The molecule has 1 aliphatic heterocycles. The van der Waals surface area contributed by atoms with Gasteiger partial charge in [-0.1, -0.05) is 0 Å². The van der Waals surface area contributed by atoms with Crippen molar-refractivity contribution in [1.29, 1.82) is 0 Å². The molecule has 1 aliphatic rings. The molecule has 0 amide bonds. The number of aliphatic hydroxyl groups is 1. The molecule has 1 unspecified atom stereocenters. The number of nitrogens with one attached hydrogen (secondary N) is 1. The Morgan fingerprint density at radius 2 is 2.23 bits per heavy atom. The Balaban J connectivity index is 2.12. The lowest BCUT2D eigenvalue weighted by molar-refractivity contribution is -0.0423. The van der Waals surface area contributed by atoms with Crippen molar-refractivity contribution in [3.8, 4) is 0 Å². The van der Waals surface area contributed by atoms with Gasteiger partial charge in [-0.25, -0.2) is 14.2 Å². The van der Waals surface area contributed by atoms with Gasteiger partial charge in [0.15, 0.2) is 0 Å². The van der Waals surface area contributed by atoms with Gasteiger partial charge in [-0.15, -0.1) is 11.6 Å². The second-order valence-corrected chi connectivity index (χ2v) is 7.52. The zero-order valence-electron chi connectivity index (χ0n) is 13.7. The van der Waals surface area contributed by atoms with Gasteiger partial charge in [0.25, 0.3) is 5.56 Å². The predicted molar refractivity (Wildman–Crippen MR) is 88.5 cm³/mol.